The Morgan fingerprint density at radius 2 is 1.80 bits per heavy atom. The van der Waals surface area contributed by atoms with Crippen molar-refractivity contribution in [3.8, 4) is 0 Å². The molecule has 0 aliphatic carbocycles. The molecule has 0 fully saturated rings. The Morgan fingerprint density at radius 1 is 1.13 bits per heavy atom. The molecule has 1 aromatic rings. The van der Waals surface area contributed by atoms with Crippen molar-refractivity contribution in [1.82, 2.24) is 4.90 Å². The third kappa shape index (κ3) is 1.46. The molecule has 0 saturated heterocycles. The highest BCUT2D eigenvalue weighted by Gasteiger charge is 2.28. The molecule has 0 atom stereocenters. The fourth-order valence-corrected chi connectivity index (χ4v) is 1.63. The molecule has 0 bridgehead atoms. The van der Waals surface area contributed by atoms with E-state index >= 15 is 0 Å². The first-order chi connectivity index (χ1) is 7.11. The van der Waals surface area contributed by atoms with Crippen LogP contribution >= 0.6 is 0 Å². The molecular formula is C12H11NO2. The molecule has 1 aromatic carbocycles. The van der Waals surface area contributed by atoms with E-state index in [1.807, 2.05) is 31.2 Å². The number of imide groups is 1. The zero-order chi connectivity index (χ0) is 11.0. The number of carbonyl (C=O) groups excluding carboxylic acids is 2. The van der Waals surface area contributed by atoms with Gasteiger partial charge in [-0.2, -0.15) is 0 Å². The molecule has 3 nitrogen and oxygen atoms in total. The molecule has 0 saturated carbocycles. The largest absolute Gasteiger partial charge is 0.278 e. The number of likely N-dealkylation sites (N-methyl/N-ethyl adjacent to an activating group) is 1. The summed E-state index contributed by atoms with van der Waals surface area (Å²) in [6.07, 6.45) is 1.39. The van der Waals surface area contributed by atoms with Crippen LogP contribution in [0.25, 0.3) is 5.57 Å². The van der Waals surface area contributed by atoms with E-state index in [1.54, 1.807) is 0 Å². The molecule has 0 aromatic heterocycles. The van der Waals surface area contributed by atoms with Gasteiger partial charge in [-0.3, -0.25) is 14.5 Å². The fourth-order valence-electron chi connectivity index (χ4n) is 1.63. The summed E-state index contributed by atoms with van der Waals surface area (Å²) in [7, 11) is 1.49. The average Bonchev–Trinajstić information content (AvgIpc) is 2.47. The number of aryl methyl sites for hydroxylation is 1. The van der Waals surface area contributed by atoms with E-state index in [1.165, 1.54) is 13.1 Å². The SMILES string of the molecule is Cc1ccccc1C1=CC(=O)N(C)C1=O. The zero-order valence-corrected chi connectivity index (χ0v) is 8.65. The van der Waals surface area contributed by atoms with E-state index in [2.05, 4.69) is 0 Å². The van der Waals surface area contributed by atoms with E-state index in [0.29, 0.717) is 5.57 Å². The van der Waals surface area contributed by atoms with E-state index in [4.69, 9.17) is 0 Å². The number of amides is 2. The molecule has 15 heavy (non-hydrogen) atoms. The van der Waals surface area contributed by atoms with Crippen LogP contribution in [-0.4, -0.2) is 23.8 Å². The molecule has 1 aliphatic heterocycles. The van der Waals surface area contributed by atoms with Gasteiger partial charge in [-0.15, -0.1) is 0 Å². The highest BCUT2D eigenvalue weighted by Crippen LogP contribution is 2.24. The van der Waals surface area contributed by atoms with Crippen molar-refractivity contribution in [3.63, 3.8) is 0 Å². The number of nitrogens with zero attached hydrogens (tertiary/aromatic N) is 1. The summed E-state index contributed by atoms with van der Waals surface area (Å²) in [6, 6.07) is 7.54. The van der Waals surface area contributed by atoms with Crippen LogP contribution in [0.3, 0.4) is 0 Å². The summed E-state index contributed by atoms with van der Waals surface area (Å²) in [4.78, 5) is 24.1. The quantitative estimate of drug-likeness (QED) is 0.644. The first kappa shape index (κ1) is 9.65. The van der Waals surface area contributed by atoms with E-state index in [-0.39, 0.29) is 11.8 Å². The van der Waals surface area contributed by atoms with Crippen molar-refractivity contribution >= 4 is 17.4 Å². The lowest BCUT2D eigenvalue weighted by Gasteiger charge is -2.08. The molecule has 0 radical (unpaired) electrons. The number of carbonyl (C=O) groups is 2. The van der Waals surface area contributed by atoms with E-state index < -0.39 is 0 Å². The maximum absolute atomic E-state index is 11.7. The predicted octanol–water partition coefficient (Wildman–Crippen LogP) is 1.38. The van der Waals surface area contributed by atoms with E-state index in [9.17, 15) is 9.59 Å². The maximum atomic E-state index is 11.7. The predicted molar refractivity (Wildman–Crippen MR) is 56.9 cm³/mol. The number of benzene rings is 1. The smallest absolute Gasteiger partial charge is 0.261 e. The minimum atomic E-state index is -0.252. The molecule has 2 rings (SSSR count). The summed E-state index contributed by atoms with van der Waals surface area (Å²) >= 11 is 0. The standard InChI is InChI=1S/C12H11NO2/c1-8-5-3-4-6-9(8)10-7-11(14)13(2)12(10)15/h3-7H,1-2H3. The lowest BCUT2D eigenvalue weighted by Crippen LogP contribution is -2.25. The van der Waals surface area contributed by atoms with Gasteiger partial charge >= 0.3 is 0 Å². The second-order valence-corrected chi connectivity index (χ2v) is 3.58. The Bertz CT molecular complexity index is 474. The number of hydrogen-bond donors (Lipinski definition) is 0. The van der Waals surface area contributed by atoms with Crippen LogP contribution in [0.4, 0.5) is 0 Å². The minimum absolute atomic E-state index is 0.227. The summed E-state index contributed by atoms with van der Waals surface area (Å²) in [5, 5.41) is 0. The van der Waals surface area contributed by atoms with Crippen LogP contribution in [-0.2, 0) is 9.59 Å². The number of hydrogen-bond acceptors (Lipinski definition) is 2. The van der Waals surface area contributed by atoms with Crippen molar-refractivity contribution in [2.45, 2.75) is 6.92 Å². The van der Waals surface area contributed by atoms with Gasteiger partial charge < -0.3 is 0 Å². The van der Waals surface area contributed by atoms with Gasteiger partial charge in [-0.25, -0.2) is 0 Å². The molecule has 1 aliphatic rings. The molecule has 0 N–H and O–H groups in total. The zero-order valence-electron chi connectivity index (χ0n) is 8.65. The van der Waals surface area contributed by atoms with Crippen LogP contribution < -0.4 is 0 Å². The Hall–Kier alpha value is -1.90. The first-order valence-corrected chi connectivity index (χ1v) is 4.71. The van der Waals surface area contributed by atoms with Gasteiger partial charge in [0.25, 0.3) is 11.8 Å². The summed E-state index contributed by atoms with van der Waals surface area (Å²) < 4.78 is 0. The minimum Gasteiger partial charge on any atom is -0.278 e. The summed E-state index contributed by atoms with van der Waals surface area (Å²) in [6.45, 7) is 1.92. The maximum Gasteiger partial charge on any atom is 0.261 e. The van der Waals surface area contributed by atoms with Crippen molar-refractivity contribution in [1.29, 1.82) is 0 Å². The summed E-state index contributed by atoms with van der Waals surface area (Å²) in [5.41, 5.74) is 2.32. The average molecular weight is 201 g/mol. The molecule has 76 valence electrons. The van der Waals surface area contributed by atoms with Crippen LogP contribution in [0, 0.1) is 6.92 Å². The van der Waals surface area contributed by atoms with Crippen LogP contribution in [0.2, 0.25) is 0 Å². The highest BCUT2D eigenvalue weighted by atomic mass is 16.2. The lowest BCUT2D eigenvalue weighted by molar-refractivity contribution is -0.134. The van der Waals surface area contributed by atoms with Crippen molar-refractivity contribution in [2.75, 3.05) is 7.05 Å². The molecule has 2 amide bonds. The summed E-state index contributed by atoms with van der Waals surface area (Å²) in [5.74, 6) is -0.479. The topological polar surface area (TPSA) is 37.4 Å². The van der Waals surface area contributed by atoms with Crippen molar-refractivity contribution in [3.05, 3.63) is 41.5 Å². The second kappa shape index (κ2) is 3.35. The lowest BCUT2D eigenvalue weighted by atomic mass is 10.0. The van der Waals surface area contributed by atoms with Gasteiger partial charge in [-0.1, -0.05) is 24.3 Å². The fraction of sp³-hybridized carbons (Fsp3) is 0.167. The highest BCUT2D eigenvalue weighted by molar-refractivity contribution is 6.33. The third-order valence-electron chi connectivity index (χ3n) is 2.57. The molecule has 0 spiro atoms. The van der Waals surface area contributed by atoms with Gasteiger partial charge in [0, 0.05) is 13.1 Å². The van der Waals surface area contributed by atoms with Crippen LogP contribution in [0.1, 0.15) is 11.1 Å². The molecule has 3 heteroatoms. The van der Waals surface area contributed by atoms with Crippen LogP contribution in [0.5, 0.6) is 0 Å². The monoisotopic (exact) mass is 201 g/mol. The van der Waals surface area contributed by atoms with Gasteiger partial charge in [0.05, 0.1) is 5.57 Å². The molecule has 1 heterocycles. The van der Waals surface area contributed by atoms with E-state index in [0.717, 1.165) is 16.0 Å². The normalized spacial score (nSPS) is 15.9. The van der Waals surface area contributed by atoms with Crippen LogP contribution in [0.15, 0.2) is 30.3 Å². The number of rotatable bonds is 1. The first-order valence-electron chi connectivity index (χ1n) is 4.71. The third-order valence-corrected chi connectivity index (χ3v) is 2.57. The Kier molecular flexibility index (Phi) is 2.15. The van der Waals surface area contributed by atoms with Crippen molar-refractivity contribution in [2.24, 2.45) is 0 Å². The Labute approximate surface area is 88.0 Å². The molecular weight excluding hydrogens is 190 g/mol. The van der Waals surface area contributed by atoms with Gasteiger partial charge in [-0.05, 0) is 18.1 Å². The van der Waals surface area contributed by atoms with Gasteiger partial charge in [0.1, 0.15) is 0 Å². The second-order valence-electron chi connectivity index (χ2n) is 3.58. The Balaban J connectivity index is 2.50. The van der Waals surface area contributed by atoms with Gasteiger partial charge in [0.15, 0.2) is 0 Å². The Morgan fingerprint density at radius 3 is 2.33 bits per heavy atom. The van der Waals surface area contributed by atoms with Crippen molar-refractivity contribution < 1.29 is 9.59 Å². The van der Waals surface area contributed by atoms with Gasteiger partial charge in [0.2, 0.25) is 0 Å². The molecule has 0 unspecified atom stereocenters.